The van der Waals surface area contributed by atoms with Gasteiger partial charge in [-0.25, -0.2) is 0 Å². The van der Waals surface area contributed by atoms with E-state index < -0.39 is 0 Å². The highest BCUT2D eigenvalue weighted by Gasteiger charge is 2.28. The summed E-state index contributed by atoms with van der Waals surface area (Å²) in [6, 6.07) is 9.94. The number of nitrogens with one attached hydrogen (secondary N) is 1. The first kappa shape index (κ1) is 11.0. The first-order valence-electron chi connectivity index (χ1n) is 5.97. The fourth-order valence-corrected chi connectivity index (χ4v) is 2.45. The minimum absolute atomic E-state index is 0.419. The molecule has 2 nitrogen and oxygen atoms in total. The molecule has 0 amide bonds. The Morgan fingerprint density at radius 3 is 2.69 bits per heavy atom. The van der Waals surface area contributed by atoms with Crippen molar-refractivity contribution >= 4 is 5.69 Å². The molecule has 84 valence electrons. The van der Waals surface area contributed by atoms with E-state index in [-0.39, 0.29) is 0 Å². The molecular formula is C14H18N2. The zero-order valence-electron chi connectivity index (χ0n) is 9.79. The molecule has 1 aromatic carbocycles. The Morgan fingerprint density at radius 2 is 2.00 bits per heavy atom. The Morgan fingerprint density at radius 1 is 1.31 bits per heavy atom. The molecule has 0 radical (unpaired) electrons. The summed E-state index contributed by atoms with van der Waals surface area (Å²) in [6.45, 7) is 3.31. The summed E-state index contributed by atoms with van der Waals surface area (Å²) in [7, 11) is 0. The van der Waals surface area contributed by atoms with Crippen molar-refractivity contribution in [2.24, 2.45) is 5.41 Å². The van der Waals surface area contributed by atoms with Crippen LogP contribution in [0.3, 0.4) is 0 Å². The van der Waals surface area contributed by atoms with Crippen molar-refractivity contribution in [2.45, 2.75) is 32.6 Å². The van der Waals surface area contributed by atoms with Gasteiger partial charge in [-0.15, -0.1) is 0 Å². The third-order valence-corrected chi connectivity index (χ3v) is 3.56. The molecule has 0 unspecified atom stereocenters. The first-order valence-corrected chi connectivity index (χ1v) is 5.97. The predicted octanol–water partition coefficient (Wildman–Crippen LogP) is 3.55. The van der Waals surface area contributed by atoms with Gasteiger partial charge in [-0.1, -0.05) is 31.9 Å². The van der Waals surface area contributed by atoms with Crippen LogP contribution in [-0.4, -0.2) is 6.54 Å². The maximum absolute atomic E-state index is 8.98. The molecule has 1 N–H and O–H groups in total. The summed E-state index contributed by atoms with van der Waals surface area (Å²) >= 11 is 0. The maximum Gasteiger partial charge on any atom is 0.101 e. The van der Waals surface area contributed by atoms with Crippen LogP contribution in [-0.2, 0) is 0 Å². The smallest absolute Gasteiger partial charge is 0.101 e. The molecule has 16 heavy (non-hydrogen) atoms. The Bertz CT molecular complexity index is 397. The molecular weight excluding hydrogens is 196 g/mol. The normalized spacial score (nSPS) is 18.0. The summed E-state index contributed by atoms with van der Waals surface area (Å²) in [5.74, 6) is 0. The number of anilines is 1. The zero-order chi connectivity index (χ0) is 11.4. The van der Waals surface area contributed by atoms with Crippen LogP contribution in [0, 0.1) is 16.7 Å². The van der Waals surface area contributed by atoms with Crippen LogP contribution in [0.1, 0.15) is 38.2 Å². The average molecular weight is 214 g/mol. The molecule has 1 aliphatic rings. The average Bonchev–Trinajstić information content (AvgIpc) is 2.74. The lowest BCUT2D eigenvalue weighted by atomic mass is 9.89. The lowest BCUT2D eigenvalue weighted by Crippen LogP contribution is -2.23. The van der Waals surface area contributed by atoms with Crippen LogP contribution in [0.4, 0.5) is 5.69 Å². The monoisotopic (exact) mass is 214 g/mol. The summed E-state index contributed by atoms with van der Waals surface area (Å²) in [4.78, 5) is 0. The van der Waals surface area contributed by atoms with Crippen LogP contribution >= 0.6 is 0 Å². The third-order valence-electron chi connectivity index (χ3n) is 3.56. The van der Waals surface area contributed by atoms with Crippen LogP contribution < -0.4 is 5.32 Å². The van der Waals surface area contributed by atoms with E-state index in [1.807, 2.05) is 24.3 Å². The van der Waals surface area contributed by atoms with Crippen molar-refractivity contribution in [1.29, 1.82) is 5.26 Å². The largest absolute Gasteiger partial charge is 0.383 e. The van der Waals surface area contributed by atoms with E-state index in [4.69, 9.17) is 5.26 Å². The van der Waals surface area contributed by atoms with Gasteiger partial charge >= 0.3 is 0 Å². The van der Waals surface area contributed by atoms with Gasteiger partial charge < -0.3 is 5.32 Å². The molecule has 2 heteroatoms. The van der Waals surface area contributed by atoms with E-state index in [9.17, 15) is 0 Å². The molecule has 0 spiro atoms. The molecule has 0 saturated heterocycles. The van der Waals surface area contributed by atoms with E-state index >= 15 is 0 Å². The van der Waals surface area contributed by atoms with Gasteiger partial charge in [-0.05, 0) is 30.4 Å². The maximum atomic E-state index is 8.98. The van der Waals surface area contributed by atoms with Gasteiger partial charge in [-0.3, -0.25) is 0 Å². The van der Waals surface area contributed by atoms with Gasteiger partial charge in [0.15, 0.2) is 0 Å². The van der Waals surface area contributed by atoms with Crippen LogP contribution in [0.5, 0.6) is 0 Å². The topological polar surface area (TPSA) is 35.8 Å². The number of rotatable bonds is 3. The van der Waals surface area contributed by atoms with E-state index in [1.54, 1.807) is 0 Å². The van der Waals surface area contributed by atoms with Gasteiger partial charge in [0.1, 0.15) is 6.07 Å². The molecule has 0 aliphatic heterocycles. The number of nitriles is 1. The Labute approximate surface area is 97.3 Å². The quantitative estimate of drug-likeness (QED) is 0.835. The number of hydrogen-bond acceptors (Lipinski definition) is 2. The fraction of sp³-hybridized carbons (Fsp3) is 0.500. The van der Waals surface area contributed by atoms with Gasteiger partial charge in [0.25, 0.3) is 0 Å². The first-order chi connectivity index (χ1) is 7.73. The summed E-state index contributed by atoms with van der Waals surface area (Å²) in [6.07, 6.45) is 5.29. The van der Waals surface area contributed by atoms with Gasteiger partial charge in [0.2, 0.25) is 0 Å². The van der Waals surface area contributed by atoms with E-state index in [0.29, 0.717) is 5.41 Å². The molecule has 0 atom stereocenters. The predicted molar refractivity (Wildman–Crippen MR) is 66.2 cm³/mol. The highest BCUT2D eigenvalue weighted by molar-refractivity contribution is 5.57. The second kappa shape index (κ2) is 4.57. The third kappa shape index (κ3) is 2.36. The van der Waals surface area contributed by atoms with Gasteiger partial charge in [0, 0.05) is 6.54 Å². The van der Waals surface area contributed by atoms with Crippen molar-refractivity contribution in [1.82, 2.24) is 0 Å². The number of para-hydroxylation sites is 1. The van der Waals surface area contributed by atoms with Crippen molar-refractivity contribution in [3.8, 4) is 6.07 Å². The Hall–Kier alpha value is -1.49. The minimum Gasteiger partial charge on any atom is -0.383 e. The van der Waals surface area contributed by atoms with E-state index in [2.05, 4.69) is 18.3 Å². The molecule has 1 saturated carbocycles. The van der Waals surface area contributed by atoms with Gasteiger partial charge in [0.05, 0.1) is 11.3 Å². The minimum atomic E-state index is 0.419. The standard InChI is InChI=1S/C14H18N2/c1-14(8-4-5-9-14)11-16-13-7-3-2-6-12(13)10-15/h2-3,6-7,16H,4-5,8-9,11H2,1H3. The number of benzene rings is 1. The lowest BCUT2D eigenvalue weighted by Gasteiger charge is -2.24. The highest BCUT2D eigenvalue weighted by Crippen LogP contribution is 2.37. The van der Waals surface area contributed by atoms with Crippen molar-refractivity contribution in [2.75, 3.05) is 11.9 Å². The number of hydrogen-bond donors (Lipinski definition) is 1. The fourth-order valence-electron chi connectivity index (χ4n) is 2.45. The Kier molecular flexibility index (Phi) is 3.14. The van der Waals surface area contributed by atoms with Crippen molar-refractivity contribution in [3.05, 3.63) is 29.8 Å². The van der Waals surface area contributed by atoms with E-state index in [1.165, 1.54) is 25.7 Å². The van der Waals surface area contributed by atoms with Crippen LogP contribution in [0.15, 0.2) is 24.3 Å². The SMILES string of the molecule is CC1(CNc2ccccc2C#N)CCCC1. The Balaban J connectivity index is 2.02. The summed E-state index contributed by atoms with van der Waals surface area (Å²) in [5.41, 5.74) is 2.13. The van der Waals surface area contributed by atoms with Gasteiger partial charge in [-0.2, -0.15) is 5.26 Å². The molecule has 2 rings (SSSR count). The molecule has 1 aromatic rings. The highest BCUT2D eigenvalue weighted by atomic mass is 14.9. The second-order valence-corrected chi connectivity index (χ2v) is 5.03. The molecule has 0 heterocycles. The summed E-state index contributed by atoms with van der Waals surface area (Å²) < 4.78 is 0. The molecule has 0 bridgehead atoms. The number of nitrogens with zero attached hydrogens (tertiary/aromatic N) is 1. The summed E-state index contributed by atoms with van der Waals surface area (Å²) in [5, 5.41) is 12.4. The lowest BCUT2D eigenvalue weighted by molar-refractivity contribution is 0.362. The van der Waals surface area contributed by atoms with E-state index in [0.717, 1.165) is 17.8 Å². The molecule has 0 aromatic heterocycles. The second-order valence-electron chi connectivity index (χ2n) is 5.03. The van der Waals surface area contributed by atoms with Crippen molar-refractivity contribution < 1.29 is 0 Å². The van der Waals surface area contributed by atoms with Crippen LogP contribution in [0.25, 0.3) is 0 Å². The van der Waals surface area contributed by atoms with Crippen LogP contribution in [0.2, 0.25) is 0 Å². The van der Waals surface area contributed by atoms with Crippen molar-refractivity contribution in [3.63, 3.8) is 0 Å². The molecule has 1 aliphatic carbocycles. The molecule has 1 fully saturated rings. The zero-order valence-corrected chi connectivity index (χ0v) is 9.79.